The molecule has 2 rings (SSSR count). The summed E-state index contributed by atoms with van der Waals surface area (Å²) in [5.41, 5.74) is 2.10. The van der Waals surface area contributed by atoms with Crippen molar-refractivity contribution in [1.29, 1.82) is 0 Å². The maximum Gasteiger partial charge on any atom is 0.159 e. The maximum absolute atomic E-state index is 13.7. The summed E-state index contributed by atoms with van der Waals surface area (Å²) in [6.45, 7) is 4.21. The van der Waals surface area contributed by atoms with Crippen LogP contribution in [0.15, 0.2) is 36.7 Å². The molecular weight excluding hydrogens is 406 g/mol. The van der Waals surface area contributed by atoms with Gasteiger partial charge in [-0.25, -0.2) is 18.7 Å². The molecule has 3 nitrogen and oxygen atoms in total. The first kappa shape index (κ1) is 26.2. The summed E-state index contributed by atoms with van der Waals surface area (Å²) < 4.78 is 32.5. The molecule has 1 heterocycles. The number of benzene rings is 1. The maximum atomic E-state index is 13.7. The van der Waals surface area contributed by atoms with E-state index in [9.17, 15) is 8.78 Å². The van der Waals surface area contributed by atoms with Crippen LogP contribution in [-0.4, -0.2) is 28.9 Å². The average molecular weight is 447 g/mol. The Bertz CT molecular complexity index is 721. The summed E-state index contributed by atoms with van der Waals surface area (Å²) in [6.07, 6.45) is 13.7. The third-order valence-corrected chi connectivity index (χ3v) is 5.79. The molecule has 0 saturated heterocycles. The van der Waals surface area contributed by atoms with Crippen molar-refractivity contribution in [2.75, 3.05) is 6.61 Å². The Hall–Kier alpha value is -2.04. The first-order valence-electron chi connectivity index (χ1n) is 12.4. The van der Waals surface area contributed by atoms with Crippen molar-refractivity contribution in [3.8, 4) is 17.1 Å². The topological polar surface area (TPSA) is 35.0 Å². The van der Waals surface area contributed by atoms with Gasteiger partial charge in [-0.05, 0) is 49.1 Å². The molecule has 0 aliphatic rings. The number of unbranched alkanes of at least 4 members (excludes halogenated alkanes) is 7. The van der Waals surface area contributed by atoms with E-state index in [0.29, 0.717) is 18.0 Å². The SMILES string of the molecule is CCCCCCCCCCc1cnc(-c2ccc(OCCC(F)CC(F)CC)cc2)nc1. The molecule has 178 valence electrons. The van der Waals surface area contributed by atoms with Gasteiger partial charge in [0.25, 0.3) is 0 Å². The molecule has 5 heteroatoms. The molecule has 0 aliphatic carbocycles. The van der Waals surface area contributed by atoms with Crippen molar-refractivity contribution in [3.63, 3.8) is 0 Å². The number of halogens is 2. The van der Waals surface area contributed by atoms with E-state index in [0.717, 1.165) is 12.0 Å². The van der Waals surface area contributed by atoms with Crippen LogP contribution in [0.1, 0.15) is 90.0 Å². The number of aromatic nitrogens is 2. The Morgan fingerprint density at radius 1 is 0.812 bits per heavy atom. The van der Waals surface area contributed by atoms with E-state index in [1.165, 1.54) is 56.9 Å². The second-order valence-corrected chi connectivity index (χ2v) is 8.64. The molecule has 0 saturated carbocycles. The summed E-state index contributed by atoms with van der Waals surface area (Å²) in [6, 6.07) is 7.49. The summed E-state index contributed by atoms with van der Waals surface area (Å²) in [5, 5.41) is 0. The van der Waals surface area contributed by atoms with Crippen LogP contribution in [0.25, 0.3) is 11.4 Å². The second kappa shape index (κ2) is 15.7. The minimum absolute atomic E-state index is 0.0504. The van der Waals surface area contributed by atoms with Gasteiger partial charge < -0.3 is 4.74 Å². The van der Waals surface area contributed by atoms with Crippen molar-refractivity contribution in [1.82, 2.24) is 9.97 Å². The summed E-state index contributed by atoms with van der Waals surface area (Å²) in [7, 11) is 0. The molecule has 32 heavy (non-hydrogen) atoms. The minimum Gasteiger partial charge on any atom is -0.493 e. The van der Waals surface area contributed by atoms with E-state index in [2.05, 4.69) is 16.9 Å². The van der Waals surface area contributed by atoms with Gasteiger partial charge >= 0.3 is 0 Å². The zero-order valence-corrected chi connectivity index (χ0v) is 19.9. The largest absolute Gasteiger partial charge is 0.493 e. The Balaban J connectivity index is 1.68. The molecular formula is C27H40F2N2O. The first-order chi connectivity index (χ1) is 15.6. The molecule has 0 amide bonds. The van der Waals surface area contributed by atoms with E-state index in [-0.39, 0.29) is 19.4 Å². The van der Waals surface area contributed by atoms with Crippen LogP contribution in [0, 0.1) is 0 Å². The van der Waals surface area contributed by atoms with Crippen LogP contribution in [0.2, 0.25) is 0 Å². The molecule has 0 N–H and O–H groups in total. The zero-order chi connectivity index (χ0) is 23.0. The quantitative estimate of drug-likeness (QED) is 0.230. The number of hydrogen-bond donors (Lipinski definition) is 0. The molecule has 0 fully saturated rings. The van der Waals surface area contributed by atoms with Gasteiger partial charge in [-0.3, -0.25) is 0 Å². The van der Waals surface area contributed by atoms with Gasteiger partial charge in [0.1, 0.15) is 18.1 Å². The molecule has 2 aromatic rings. The molecule has 0 bridgehead atoms. The molecule has 1 aromatic heterocycles. The van der Waals surface area contributed by atoms with E-state index in [1.807, 2.05) is 36.7 Å². The molecule has 0 radical (unpaired) electrons. The van der Waals surface area contributed by atoms with Crippen LogP contribution >= 0.6 is 0 Å². The van der Waals surface area contributed by atoms with Crippen LogP contribution in [0.5, 0.6) is 5.75 Å². The van der Waals surface area contributed by atoms with Crippen LogP contribution in [-0.2, 0) is 6.42 Å². The number of rotatable bonds is 17. The third kappa shape index (κ3) is 10.5. The molecule has 2 unspecified atom stereocenters. The third-order valence-electron chi connectivity index (χ3n) is 5.79. The van der Waals surface area contributed by atoms with Gasteiger partial charge in [-0.2, -0.15) is 0 Å². The molecule has 2 atom stereocenters. The van der Waals surface area contributed by atoms with E-state index in [1.54, 1.807) is 6.92 Å². The van der Waals surface area contributed by atoms with Crippen molar-refractivity contribution in [3.05, 3.63) is 42.2 Å². The van der Waals surface area contributed by atoms with E-state index < -0.39 is 12.3 Å². The number of hydrogen-bond acceptors (Lipinski definition) is 3. The normalized spacial score (nSPS) is 13.1. The Kier molecular flexibility index (Phi) is 12.9. The van der Waals surface area contributed by atoms with Crippen LogP contribution in [0.3, 0.4) is 0 Å². The first-order valence-corrected chi connectivity index (χ1v) is 12.4. The zero-order valence-electron chi connectivity index (χ0n) is 19.9. The van der Waals surface area contributed by atoms with Crippen molar-refractivity contribution in [2.45, 2.75) is 103 Å². The van der Waals surface area contributed by atoms with Crippen LogP contribution in [0.4, 0.5) is 8.78 Å². The van der Waals surface area contributed by atoms with Gasteiger partial charge in [-0.15, -0.1) is 0 Å². The van der Waals surface area contributed by atoms with Gasteiger partial charge in [0.15, 0.2) is 5.82 Å². The minimum atomic E-state index is -1.16. The lowest BCUT2D eigenvalue weighted by Gasteiger charge is -2.12. The fourth-order valence-corrected chi connectivity index (χ4v) is 3.66. The molecule has 0 spiro atoms. The highest BCUT2D eigenvalue weighted by atomic mass is 19.1. The van der Waals surface area contributed by atoms with Gasteiger partial charge in [0.2, 0.25) is 0 Å². The molecule has 0 aliphatic heterocycles. The predicted octanol–water partition coefficient (Wildman–Crippen LogP) is 8.07. The second-order valence-electron chi connectivity index (χ2n) is 8.64. The number of nitrogens with zero attached hydrogens (tertiary/aromatic N) is 2. The lowest BCUT2D eigenvalue weighted by atomic mass is 10.1. The summed E-state index contributed by atoms with van der Waals surface area (Å²) in [4.78, 5) is 9.02. The van der Waals surface area contributed by atoms with Gasteiger partial charge in [0.05, 0.1) is 6.61 Å². The van der Waals surface area contributed by atoms with Crippen molar-refractivity contribution in [2.24, 2.45) is 0 Å². The Morgan fingerprint density at radius 2 is 1.44 bits per heavy atom. The number of ether oxygens (including phenoxy) is 1. The fourth-order valence-electron chi connectivity index (χ4n) is 3.66. The van der Waals surface area contributed by atoms with Gasteiger partial charge in [0, 0.05) is 30.8 Å². The Labute approximate surface area is 193 Å². The smallest absolute Gasteiger partial charge is 0.159 e. The highest BCUT2D eigenvalue weighted by Gasteiger charge is 2.13. The predicted molar refractivity (Wildman–Crippen MR) is 129 cm³/mol. The highest BCUT2D eigenvalue weighted by Crippen LogP contribution is 2.20. The van der Waals surface area contributed by atoms with E-state index >= 15 is 0 Å². The monoisotopic (exact) mass is 446 g/mol. The standard InChI is InChI=1S/C27H40F2N2O/c1-3-5-6-7-8-9-10-11-12-22-20-30-27(31-21-22)23-13-15-26(16-14-23)32-18-17-25(29)19-24(28)4-2/h13-16,20-21,24-25H,3-12,17-19H2,1-2H3. The Morgan fingerprint density at radius 3 is 2.06 bits per heavy atom. The van der Waals surface area contributed by atoms with Gasteiger partial charge in [-0.1, -0.05) is 58.8 Å². The van der Waals surface area contributed by atoms with E-state index in [4.69, 9.17) is 4.74 Å². The van der Waals surface area contributed by atoms with Crippen molar-refractivity contribution >= 4 is 0 Å². The summed E-state index contributed by atoms with van der Waals surface area (Å²) in [5.74, 6) is 1.35. The number of aryl methyl sites for hydroxylation is 1. The number of alkyl halides is 2. The summed E-state index contributed by atoms with van der Waals surface area (Å²) >= 11 is 0. The van der Waals surface area contributed by atoms with Crippen molar-refractivity contribution < 1.29 is 13.5 Å². The molecule has 1 aromatic carbocycles. The highest BCUT2D eigenvalue weighted by molar-refractivity contribution is 5.55. The lowest BCUT2D eigenvalue weighted by molar-refractivity contribution is 0.179. The fraction of sp³-hybridized carbons (Fsp3) is 0.630. The van der Waals surface area contributed by atoms with Crippen LogP contribution < -0.4 is 4.74 Å². The lowest BCUT2D eigenvalue weighted by Crippen LogP contribution is -2.13. The average Bonchev–Trinajstić information content (AvgIpc) is 2.81.